The highest BCUT2D eigenvalue weighted by Crippen LogP contribution is 2.13. The molecule has 0 saturated carbocycles. The van der Waals surface area contributed by atoms with Gasteiger partial charge in [0, 0.05) is 38.2 Å². The van der Waals surface area contributed by atoms with Gasteiger partial charge < -0.3 is 9.64 Å². The fraction of sp³-hybridized carbons (Fsp3) is 0.350. The highest BCUT2D eigenvalue weighted by atomic mass is 19.1. The fourth-order valence-electron chi connectivity index (χ4n) is 2.96. The van der Waals surface area contributed by atoms with Crippen molar-refractivity contribution >= 4 is 5.91 Å². The number of halogens is 1. The molecule has 25 heavy (non-hydrogen) atoms. The summed E-state index contributed by atoms with van der Waals surface area (Å²) >= 11 is 0. The molecular formula is C20H23FN2O2. The number of rotatable bonds is 6. The molecule has 1 aliphatic rings. The summed E-state index contributed by atoms with van der Waals surface area (Å²) in [6.45, 7) is 3.62. The van der Waals surface area contributed by atoms with Crippen LogP contribution in [0.5, 0.6) is 5.75 Å². The van der Waals surface area contributed by atoms with Crippen LogP contribution in [0.15, 0.2) is 54.6 Å². The second-order valence-corrected chi connectivity index (χ2v) is 6.16. The molecule has 4 nitrogen and oxygen atoms in total. The molecule has 0 unspecified atom stereocenters. The summed E-state index contributed by atoms with van der Waals surface area (Å²) in [4.78, 5) is 16.3. The van der Waals surface area contributed by atoms with Crippen LogP contribution in [0.25, 0.3) is 0 Å². The van der Waals surface area contributed by atoms with Crippen molar-refractivity contribution in [3.8, 4) is 5.75 Å². The minimum absolute atomic E-state index is 0.132. The first kappa shape index (κ1) is 17.4. The number of carbonyl (C=O) groups is 1. The molecule has 2 aromatic rings. The number of ether oxygens (including phenoxy) is 1. The van der Waals surface area contributed by atoms with E-state index in [1.54, 1.807) is 12.1 Å². The van der Waals surface area contributed by atoms with Crippen LogP contribution in [-0.4, -0.2) is 48.5 Å². The molecule has 1 saturated heterocycles. The number of hydrogen-bond acceptors (Lipinski definition) is 3. The first-order valence-corrected chi connectivity index (χ1v) is 8.64. The molecule has 5 heteroatoms. The summed E-state index contributed by atoms with van der Waals surface area (Å²) in [6, 6.07) is 16.4. The summed E-state index contributed by atoms with van der Waals surface area (Å²) in [6.07, 6.45) is 0.458. The lowest BCUT2D eigenvalue weighted by Gasteiger charge is -2.22. The van der Waals surface area contributed by atoms with Gasteiger partial charge in [0.15, 0.2) is 0 Å². The van der Waals surface area contributed by atoms with Crippen LogP contribution >= 0.6 is 0 Å². The van der Waals surface area contributed by atoms with Gasteiger partial charge in [-0.05, 0) is 18.2 Å². The Labute approximate surface area is 147 Å². The zero-order chi connectivity index (χ0) is 17.5. The molecular weight excluding hydrogens is 319 g/mol. The van der Waals surface area contributed by atoms with Crippen molar-refractivity contribution in [3.05, 3.63) is 66.0 Å². The molecule has 3 rings (SSSR count). The van der Waals surface area contributed by atoms with Crippen molar-refractivity contribution in [2.75, 3.05) is 32.8 Å². The summed E-state index contributed by atoms with van der Waals surface area (Å²) in [7, 11) is 0. The molecule has 0 N–H and O–H groups in total. The third-order valence-corrected chi connectivity index (χ3v) is 4.41. The Morgan fingerprint density at radius 2 is 1.72 bits per heavy atom. The quantitative estimate of drug-likeness (QED) is 0.809. The number of carbonyl (C=O) groups excluding carboxylic acids is 1. The van der Waals surface area contributed by atoms with E-state index >= 15 is 0 Å². The van der Waals surface area contributed by atoms with Gasteiger partial charge in [0.25, 0.3) is 0 Å². The monoisotopic (exact) mass is 342 g/mol. The zero-order valence-electron chi connectivity index (χ0n) is 14.2. The topological polar surface area (TPSA) is 32.8 Å². The van der Waals surface area contributed by atoms with E-state index in [2.05, 4.69) is 4.90 Å². The third-order valence-electron chi connectivity index (χ3n) is 4.41. The summed E-state index contributed by atoms with van der Waals surface area (Å²) < 4.78 is 19.5. The van der Waals surface area contributed by atoms with Crippen LogP contribution in [0.2, 0.25) is 0 Å². The Kier molecular flexibility index (Phi) is 6.01. The number of nitrogens with zero attached hydrogens (tertiary/aromatic N) is 2. The Bertz CT molecular complexity index is 693. The third kappa shape index (κ3) is 5.03. The van der Waals surface area contributed by atoms with E-state index in [4.69, 9.17) is 4.74 Å². The molecule has 0 aromatic heterocycles. The molecule has 0 spiro atoms. The van der Waals surface area contributed by atoms with Gasteiger partial charge in [-0.25, -0.2) is 4.39 Å². The minimum Gasteiger partial charge on any atom is -0.492 e. The van der Waals surface area contributed by atoms with Crippen LogP contribution in [0.1, 0.15) is 12.0 Å². The maximum atomic E-state index is 13.8. The van der Waals surface area contributed by atoms with Crippen molar-refractivity contribution in [2.24, 2.45) is 0 Å². The maximum Gasteiger partial charge on any atom is 0.224 e. The average Bonchev–Trinajstić information content (AvgIpc) is 2.80. The molecule has 132 valence electrons. The molecule has 0 radical (unpaired) electrons. The van der Waals surface area contributed by atoms with Gasteiger partial charge >= 0.3 is 0 Å². The number of para-hydroxylation sites is 1. The second-order valence-electron chi connectivity index (χ2n) is 6.16. The summed E-state index contributed by atoms with van der Waals surface area (Å²) in [5.74, 6) is 0.754. The van der Waals surface area contributed by atoms with Gasteiger partial charge in [-0.2, -0.15) is 0 Å². The van der Waals surface area contributed by atoms with Gasteiger partial charge in [-0.15, -0.1) is 0 Å². The Balaban J connectivity index is 1.49. The lowest BCUT2D eigenvalue weighted by Crippen LogP contribution is -2.36. The highest BCUT2D eigenvalue weighted by molar-refractivity contribution is 5.76. The lowest BCUT2D eigenvalue weighted by molar-refractivity contribution is -0.130. The van der Waals surface area contributed by atoms with Gasteiger partial charge in [0.2, 0.25) is 5.91 Å². The maximum absolute atomic E-state index is 13.8. The predicted molar refractivity (Wildman–Crippen MR) is 94.8 cm³/mol. The fourth-order valence-corrected chi connectivity index (χ4v) is 2.96. The van der Waals surface area contributed by atoms with Crippen molar-refractivity contribution < 1.29 is 13.9 Å². The molecule has 1 amide bonds. The van der Waals surface area contributed by atoms with Crippen molar-refractivity contribution in [2.45, 2.75) is 13.0 Å². The number of amides is 1. The van der Waals surface area contributed by atoms with Crippen LogP contribution in [-0.2, 0) is 11.3 Å². The molecule has 1 heterocycles. The first-order valence-electron chi connectivity index (χ1n) is 8.64. The normalized spacial score (nSPS) is 15.9. The van der Waals surface area contributed by atoms with Crippen LogP contribution in [0.4, 0.5) is 4.39 Å². The predicted octanol–water partition coefficient (Wildman–Crippen LogP) is 2.94. The highest BCUT2D eigenvalue weighted by Gasteiger charge is 2.21. The standard InChI is InChI=1S/C20H23FN2O2/c21-19-9-5-4-6-17(19)16-22-11-10-20(24)23(13-12-22)14-15-25-18-7-2-1-3-8-18/h1-9H,10-16H2. The molecule has 0 aliphatic carbocycles. The van der Waals surface area contributed by atoms with E-state index in [9.17, 15) is 9.18 Å². The van der Waals surface area contributed by atoms with Crippen molar-refractivity contribution in [1.29, 1.82) is 0 Å². The molecule has 0 bridgehead atoms. The van der Waals surface area contributed by atoms with Gasteiger partial charge in [-0.3, -0.25) is 9.69 Å². The van der Waals surface area contributed by atoms with Crippen LogP contribution in [0.3, 0.4) is 0 Å². The second kappa shape index (κ2) is 8.62. The van der Waals surface area contributed by atoms with E-state index in [0.717, 1.165) is 12.3 Å². The largest absolute Gasteiger partial charge is 0.492 e. The van der Waals surface area contributed by atoms with Gasteiger partial charge in [-0.1, -0.05) is 36.4 Å². The van der Waals surface area contributed by atoms with Crippen molar-refractivity contribution in [1.82, 2.24) is 9.80 Å². The van der Waals surface area contributed by atoms with Crippen LogP contribution in [0, 0.1) is 5.82 Å². The SMILES string of the molecule is O=C1CCN(Cc2ccccc2F)CCN1CCOc1ccccc1. The molecule has 1 fully saturated rings. The van der Waals surface area contributed by atoms with E-state index in [-0.39, 0.29) is 11.7 Å². The number of hydrogen-bond donors (Lipinski definition) is 0. The molecule has 2 aromatic carbocycles. The molecule has 1 aliphatic heterocycles. The van der Waals surface area contributed by atoms with E-state index in [1.165, 1.54) is 6.07 Å². The Hall–Kier alpha value is -2.40. The summed E-state index contributed by atoms with van der Waals surface area (Å²) in [5.41, 5.74) is 0.677. The lowest BCUT2D eigenvalue weighted by atomic mass is 10.2. The Morgan fingerprint density at radius 1 is 0.960 bits per heavy atom. The smallest absolute Gasteiger partial charge is 0.224 e. The van der Waals surface area contributed by atoms with Gasteiger partial charge in [0.05, 0.1) is 6.54 Å². The van der Waals surface area contributed by atoms with Gasteiger partial charge in [0.1, 0.15) is 18.2 Å². The molecule has 0 atom stereocenters. The summed E-state index contributed by atoms with van der Waals surface area (Å²) in [5, 5.41) is 0. The van der Waals surface area contributed by atoms with E-state index < -0.39 is 0 Å². The van der Waals surface area contributed by atoms with Crippen molar-refractivity contribution in [3.63, 3.8) is 0 Å². The van der Waals surface area contributed by atoms with Crippen LogP contribution < -0.4 is 4.74 Å². The average molecular weight is 342 g/mol. The minimum atomic E-state index is -0.189. The number of benzene rings is 2. The zero-order valence-corrected chi connectivity index (χ0v) is 14.2. The first-order chi connectivity index (χ1) is 12.2. The van der Waals surface area contributed by atoms with E-state index in [0.29, 0.717) is 44.8 Å². The van der Waals surface area contributed by atoms with E-state index in [1.807, 2.05) is 41.3 Å². The Morgan fingerprint density at radius 3 is 2.52 bits per heavy atom.